The van der Waals surface area contributed by atoms with Gasteiger partial charge in [0.15, 0.2) is 0 Å². The molecule has 1 amide bonds. The first kappa shape index (κ1) is 16.7. The summed E-state index contributed by atoms with van der Waals surface area (Å²) in [5.74, 6) is 0.0478. The Morgan fingerprint density at radius 3 is 2.50 bits per heavy atom. The summed E-state index contributed by atoms with van der Waals surface area (Å²) >= 11 is 0. The second-order valence-electron chi connectivity index (χ2n) is 6.35. The van der Waals surface area contributed by atoms with Crippen molar-refractivity contribution in [1.82, 2.24) is 9.88 Å². The van der Waals surface area contributed by atoms with Gasteiger partial charge < -0.3 is 9.64 Å². The summed E-state index contributed by atoms with van der Waals surface area (Å²) in [4.78, 5) is 19.3. The zero-order chi connectivity index (χ0) is 16.9. The molecule has 24 heavy (non-hydrogen) atoms. The summed E-state index contributed by atoms with van der Waals surface area (Å²) in [6.07, 6.45) is 3.44. The van der Waals surface area contributed by atoms with Crippen LogP contribution in [0.25, 0.3) is 0 Å². The van der Waals surface area contributed by atoms with E-state index in [0.29, 0.717) is 12.6 Å². The lowest BCUT2D eigenvalue weighted by Crippen LogP contribution is -2.42. The van der Waals surface area contributed by atoms with Crippen LogP contribution in [0.1, 0.15) is 44.0 Å². The standard InChI is InChI=1S/C20H24N2O2/c1-15(19-10-6-7-13-21-19)22(18-11-12-18)20(23)16(2)24-14-17-8-4-3-5-9-17/h3-10,13,15-16,18H,11-12,14H2,1-2H3/t15-,16-/m0/s1. The highest BCUT2D eigenvalue weighted by Crippen LogP contribution is 2.34. The predicted molar refractivity (Wildman–Crippen MR) is 93.2 cm³/mol. The van der Waals surface area contributed by atoms with E-state index in [1.165, 1.54) is 0 Å². The number of rotatable bonds is 7. The van der Waals surface area contributed by atoms with Gasteiger partial charge in [-0.2, -0.15) is 0 Å². The van der Waals surface area contributed by atoms with E-state index in [2.05, 4.69) is 4.98 Å². The molecule has 1 aromatic heterocycles. The van der Waals surface area contributed by atoms with E-state index in [1.54, 1.807) is 6.20 Å². The quantitative estimate of drug-likeness (QED) is 0.779. The Labute approximate surface area is 143 Å². The number of ether oxygens (including phenoxy) is 1. The number of hydrogen-bond acceptors (Lipinski definition) is 3. The fourth-order valence-electron chi connectivity index (χ4n) is 2.88. The largest absolute Gasteiger partial charge is 0.364 e. The van der Waals surface area contributed by atoms with E-state index < -0.39 is 6.10 Å². The number of amides is 1. The Bertz CT molecular complexity index is 656. The first-order valence-corrected chi connectivity index (χ1v) is 8.55. The molecule has 4 nitrogen and oxygen atoms in total. The van der Waals surface area contributed by atoms with E-state index in [9.17, 15) is 4.79 Å². The van der Waals surface area contributed by atoms with Gasteiger partial charge in [0.25, 0.3) is 5.91 Å². The molecule has 0 unspecified atom stereocenters. The Hall–Kier alpha value is -2.20. The molecular formula is C20H24N2O2. The molecule has 1 aliphatic carbocycles. The first-order valence-electron chi connectivity index (χ1n) is 8.55. The van der Waals surface area contributed by atoms with Crippen LogP contribution in [0.5, 0.6) is 0 Å². The Balaban J connectivity index is 1.66. The molecule has 4 heteroatoms. The van der Waals surface area contributed by atoms with Crippen molar-refractivity contribution in [2.75, 3.05) is 0 Å². The van der Waals surface area contributed by atoms with E-state index in [4.69, 9.17) is 4.74 Å². The van der Waals surface area contributed by atoms with Gasteiger partial charge in [0.1, 0.15) is 6.10 Å². The fraction of sp³-hybridized carbons (Fsp3) is 0.400. The van der Waals surface area contributed by atoms with Crippen molar-refractivity contribution >= 4 is 5.91 Å². The summed E-state index contributed by atoms with van der Waals surface area (Å²) in [6, 6.07) is 16.1. The van der Waals surface area contributed by atoms with Gasteiger partial charge >= 0.3 is 0 Å². The molecule has 126 valence electrons. The van der Waals surface area contributed by atoms with Crippen LogP contribution in [0.3, 0.4) is 0 Å². The number of hydrogen-bond donors (Lipinski definition) is 0. The summed E-state index contributed by atoms with van der Waals surface area (Å²) < 4.78 is 5.82. The summed E-state index contributed by atoms with van der Waals surface area (Å²) in [5, 5.41) is 0. The molecule has 0 N–H and O–H groups in total. The molecule has 1 heterocycles. The molecule has 1 fully saturated rings. The lowest BCUT2D eigenvalue weighted by atomic mass is 10.1. The first-order chi connectivity index (χ1) is 11.7. The van der Waals surface area contributed by atoms with Crippen LogP contribution in [-0.2, 0) is 16.1 Å². The van der Waals surface area contributed by atoms with E-state index in [-0.39, 0.29) is 11.9 Å². The number of carbonyl (C=O) groups is 1. The predicted octanol–water partition coefficient (Wildman–Crippen LogP) is 3.74. The maximum atomic E-state index is 12.9. The highest BCUT2D eigenvalue weighted by atomic mass is 16.5. The van der Waals surface area contributed by atoms with Crippen LogP contribution in [0.4, 0.5) is 0 Å². The van der Waals surface area contributed by atoms with Gasteiger partial charge in [-0.05, 0) is 44.4 Å². The normalized spacial score (nSPS) is 16.4. The van der Waals surface area contributed by atoms with Gasteiger partial charge in [-0.1, -0.05) is 36.4 Å². The van der Waals surface area contributed by atoms with Crippen molar-refractivity contribution < 1.29 is 9.53 Å². The van der Waals surface area contributed by atoms with Gasteiger partial charge in [0, 0.05) is 12.2 Å². The minimum absolute atomic E-state index is 0.0334. The van der Waals surface area contributed by atoms with Gasteiger partial charge in [-0.3, -0.25) is 9.78 Å². The highest BCUT2D eigenvalue weighted by Gasteiger charge is 2.38. The van der Waals surface area contributed by atoms with Crippen molar-refractivity contribution in [2.45, 2.75) is 51.5 Å². The number of benzene rings is 1. The topological polar surface area (TPSA) is 42.4 Å². The van der Waals surface area contributed by atoms with Crippen LogP contribution >= 0.6 is 0 Å². The lowest BCUT2D eigenvalue weighted by Gasteiger charge is -2.31. The maximum Gasteiger partial charge on any atom is 0.252 e. The van der Waals surface area contributed by atoms with Crippen LogP contribution < -0.4 is 0 Å². The van der Waals surface area contributed by atoms with Gasteiger partial charge in [-0.25, -0.2) is 0 Å². The summed E-state index contributed by atoms with van der Waals surface area (Å²) in [5.41, 5.74) is 2.00. The molecule has 2 atom stereocenters. The molecule has 0 saturated heterocycles. The zero-order valence-electron chi connectivity index (χ0n) is 14.3. The number of pyridine rings is 1. The molecule has 1 aromatic carbocycles. The fourth-order valence-corrected chi connectivity index (χ4v) is 2.88. The smallest absolute Gasteiger partial charge is 0.252 e. The lowest BCUT2D eigenvalue weighted by molar-refractivity contribution is -0.146. The molecular weight excluding hydrogens is 300 g/mol. The van der Waals surface area contributed by atoms with E-state index in [0.717, 1.165) is 24.1 Å². The monoisotopic (exact) mass is 324 g/mol. The van der Waals surface area contributed by atoms with Gasteiger partial charge in [0.2, 0.25) is 0 Å². The van der Waals surface area contributed by atoms with E-state index >= 15 is 0 Å². The molecule has 0 spiro atoms. The SMILES string of the molecule is C[C@H](OCc1ccccc1)C(=O)N(C1CC1)[C@@H](C)c1ccccn1. The molecule has 2 aromatic rings. The molecule has 3 rings (SSSR count). The third-order valence-corrected chi connectivity index (χ3v) is 4.42. The highest BCUT2D eigenvalue weighted by molar-refractivity contribution is 5.81. The van der Waals surface area contributed by atoms with Crippen molar-refractivity contribution in [3.8, 4) is 0 Å². The summed E-state index contributed by atoms with van der Waals surface area (Å²) in [7, 11) is 0. The van der Waals surface area contributed by atoms with Crippen molar-refractivity contribution in [1.29, 1.82) is 0 Å². The maximum absolute atomic E-state index is 12.9. The van der Waals surface area contributed by atoms with Crippen molar-refractivity contribution in [2.24, 2.45) is 0 Å². The van der Waals surface area contributed by atoms with Crippen LogP contribution in [-0.4, -0.2) is 27.9 Å². The van der Waals surface area contributed by atoms with Crippen molar-refractivity contribution in [3.63, 3.8) is 0 Å². The number of aromatic nitrogens is 1. The third kappa shape index (κ3) is 4.01. The molecule has 0 radical (unpaired) electrons. The molecule has 0 aliphatic heterocycles. The van der Waals surface area contributed by atoms with Gasteiger partial charge in [0.05, 0.1) is 18.3 Å². The average Bonchev–Trinajstić information content (AvgIpc) is 3.46. The van der Waals surface area contributed by atoms with Crippen LogP contribution in [0, 0.1) is 0 Å². The third-order valence-electron chi connectivity index (χ3n) is 4.42. The minimum atomic E-state index is -0.461. The minimum Gasteiger partial charge on any atom is -0.364 e. The second-order valence-corrected chi connectivity index (χ2v) is 6.35. The Morgan fingerprint density at radius 2 is 1.88 bits per heavy atom. The van der Waals surface area contributed by atoms with Crippen molar-refractivity contribution in [3.05, 3.63) is 66.0 Å². The number of carbonyl (C=O) groups excluding carboxylic acids is 1. The summed E-state index contributed by atoms with van der Waals surface area (Å²) in [6.45, 7) is 4.33. The Kier molecular flexibility index (Phi) is 5.26. The Morgan fingerprint density at radius 1 is 1.17 bits per heavy atom. The van der Waals surface area contributed by atoms with Crippen LogP contribution in [0.15, 0.2) is 54.7 Å². The molecule has 1 saturated carbocycles. The van der Waals surface area contributed by atoms with Gasteiger partial charge in [-0.15, -0.1) is 0 Å². The van der Waals surface area contributed by atoms with E-state index in [1.807, 2.05) is 67.3 Å². The molecule has 1 aliphatic rings. The van der Waals surface area contributed by atoms with Crippen LogP contribution in [0.2, 0.25) is 0 Å². The zero-order valence-corrected chi connectivity index (χ0v) is 14.3. The number of nitrogens with zero attached hydrogens (tertiary/aromatic N) is 2. The molecule has 0 bridgehead atoms. The second kappa shape index (κ2) is 7.58. The average molecular weight is 324 g/mol.